The van der Waals surface area contributed by atoms with Crippen LogP contribution in [0.3, 0.4) is 0 Å². The maximum atomic E-state index is 13.3. The van der Waals surface area contributed by atoms with Gasteiger partial charge in [0.25, 0.3) is 5.56 Å². The van der Waals surface area contributed by atoms with E-state index in [0.717, 1.165) is 10.4 Å². The minimum absolute atomic E-state index is 0.198. The fraction of sp³-hybridized carbons (Fsp3) is 0.150. The van der Waals surface area contributed by atoms with Crippen LogP contribution in [0.25, 0.3) is 6.08 Å². The van der Waals surface area contributed by atoms with Gasteiger partial charge in [-0.3, -0.25) is 9.36 Å². The van der Waals surface area contributed by atoms with E-state index in [0.29, 0.717) is 25.6 Å². The molecule has 5 nitrogen and oxygen atoms in total. The van der Waals surface area contributed by atoms with Gasteiger partial charge < -0.3 is 4.74 Å². The van der Waals surface area contributed by atoms with Gasteiger partial charge in [-0.15, -0.1) is 11.3 Å². The molecule has 2 aromatic heterocycles. The number of aromatic nitrogens is 1. The van der Waals surface area contributed by atoms with Gasteiger partial charge in [0.2, 0.25) is 0 Å². The second kappa shape index (κ2) is 7.50. The highest BCUT2D eigenvalue weighted by Gasteiger charge is 2.33. The van der Waals surface area contributed by atoms with E-state index in [2.05, 4.69) is 4.99 Å². The fourth-order valence-corrected chi connectivity index (χ4v) is 5.23. The van der Waals surface area contributed by atoms with E-state index in [1.165, 1.54) is 29.8 Å². The fourth-order valence-electron chi connectivity index (χ4n) is 3.16. The van der Waals surface area contributed by atoms with E-state index < -0.39 is 12.0 Å². The molecule has 0 unspecified atom stereocenters. The van der Waals surface area contributed by atoms with Crippen molar-refractivity contribution in [3.8, 4) is 0 Å². The number of nitrogens with zero attached hydrogens (tertiary/aromatic N) is 2. The second-order valence-electron chi connectivity index (χ2n) is 6.14. The highest BCUT2D eigenvalue weighted by molar-refractivity contribution is 7.10. The molecule has 1 aliphatic heterocycles. The first-order valence-corrected chi connectivity index (χ1v) is 10.5. The van der Waals surface area contributed by atoms with Crippen molar-refractivity contribution in [2.45, 2.75) is 13.0 Å². The Labute approximate surface area is 173 Å². The Bertz CT molecular complexity index is 1270. The summed E-state index contributed by atoms with van der Waals surface area (Å²) in [6.45, 7) is 1.76. The molecule has 1 aliphatic rings. The Morgan fingerprint density at radius 3 is 2.82 bits per heavy atom. The van der Waals surface area contributed by atoms with Crippen LogP contribution in [0.2, 0.25) is 5.02 Å². The quantitative estimate of drug-likeness (QED) is 0.600. The summed E-state index contributed by atoms with van der Waals surface area (Å²) in [5.41, 5.74) is 1.57. The zero-order valence-corrected chi connectivity index (χ0v) is 17.4. The van der Waals surface area contributed by atoms with Crippen LogP contribution in [0, 0.1) is 0 Å². The third kappa shape index (κ3) is 3.26. The maximum Gasteiger partial charge on any atom is 0.338 e. The van der Waals surface area contributed by atoms with Gasteiger partial charge in [0.05, 0.1) is 22.9 Å². The Morgan fingerprint density at radius 2 is 2.14 bits per heavy atom. The highest BCUT2D eigenvalue weighted by atomic mass is 35.5. The molecule has 0 aliphatic carbocycles. The molecule has 0 fully saturated rings. The van der Waals surface area contributed by atoms with Gasteiger partial charge in [0, 0.05) is 9.90 Å². The third-order valence-corrected chi connectivity index (χ3v) is 6.53. The van der Waals surface area contributed by atoms with E-state index in [1.807, 2.05) is 29.6 Å². The smallest absolute Gasteiger partial charge is 0.338 e. The van der Waals surface area contributed by atoms with Crippen LogP contribution < -0.4 is 14.9 Å². The molecule has 1 aromatic carbocycles. The van der Waals surface area contributed by atoms with E-state index in [-0.39, 0.29) is 5.56 Å². The largest absolute Gasteiger partial charge is 0.466 e. The number of thiophene rings is 1. The number of carbonyl (C=O) groups excluding carboxylic acids is 1. The first-order chi connectivity index (χ1) is 13.5. The number of carbonyl (C=O) groups is 1. The van der Waals surface area contributed by atoms with Gasteiger partial charge in [0.15, 0.2) is 4.80 Å². The predicted molar refractivity (Wildman–Crippen MR) is 112 cm³/mol. The van der Waals surface area contributed by atoms with Gasteiger partial charge in [-0.2, -0.15) is 0 Å². The predicted octanol–water partition coefficient (Wildman–Crippen LogP) is 3.12. The molecule has 142 valence electrons. The van der Waals surface area contributed by atoms with Crippen molar-refractivity contribution in [1.29, 1.82) is 0 Å². The number of halogens is 1. The van der Waals surface area contributed by atoms with Crippen LogP contribution in [-0.4, -0.2) is 17.6 Å². The number of ether oxygens (including phenoxy) is 1. The van der Waals surface area contributed by atoms with Crippen LogP contribution in [-0.2, 0) is 9.53 Å². The number of rotatable bonds is 3. The molecule has 0 bridgehead atoms. The summed E-state index contributed by atoms with van der Waals surface area (Å²) in [5, 5.41) is 2.52. The molecule has 1 atom stereocenters. The van der Waals surface area contributed by atoms with Crippen molar-refractivity contribution in [2.75, 3.05) is 7.11 Å². The third-order valence-electron chi connectivity index (χ3n) is 4.39. The number of hydrogen-bond acceptors (Lipinski definition) is 6. The van der Waals surface area contributed by atoms with Crippen LogP contribution in [0.4, 0.5) is 0 Å². The van der Waals surface area contributed by atoms with Crippen LogP contribution in [0.15, 0.2) is 62.8 Å². The number of hydrogen-bond donors (Lipinski definition) is 0. The number of allylic oxidation sites excluding steroid dienone is 1. The number of methoxy groups -OCH3 is 1. The molecule has 0 saturated carbocycles. The summed E-state index contributed by atoms with van der Waals surface area (Å²) >= 11 is 8.83. The van der Waals surface area contributed by atoms with Gasteiger partial charge in [-0.25, -0.2) is 9.79 Å². The number of fused-ring (bicyclic) bond motifs is 1. The summed E-state index contributed by atoms with van der Waals surface area (Å²) in [6.07, 6.45) is 1.79. The zero-order chi connectivity index (χ0) is 19.8. The van der Waals surface area contributed by atoms with Gasteiger partial charge in [-0.05, 0) is 42.1 Å². The lowest BCUT2D eigenvalue weighted by molar-refractivity contribution is -0.136. The number of benzene rings is 1. The van der Waals surface area contributed by atoms with Crippen LogP contribution in [0.1, 0.15) is 23.4 Å². The lowest BCUT2D eigenvalue weighted by Gasteiger charge is -2.22. The highest BCUT2D eigenvalue weighted by Crippen LogP contribution is 2.32. The average Bonchev–Trinajstić information content (AvgIpc) is 3.29. The molecule has 3 heterocycles. The van der Waals surface area contributed by atoms with Gasteiger partial charge in [-0.1, -0.05) is 41.1 Å². The van der Waals surface area contributed by atoms with Gasteiger partial charge >= 0.3 is 5.97 Å². The lowest BCUT2D eigenvalue weighted by Crippen LogP contribution is -2.39. The molecule has 0 saturated heterocycles. The van der Waals surface area contributed by atoms with Crippen molar-refractivity contribution in [1.82, 2.24) is 4.57 Å². The Morgan fingerprint density at radius 1 is 1.32 bits per heavy atom. The second-order valence-corrected chi connectivity index (χ2v) is 8.57. The Hall–Kier alpha value is -2.48. The molecule has 0 radical (unpaired) electrons. The van der Waals surface area contributed by atoms with Crippen LogP contribution in [0.5, 0.6) is 0 Å². The molecule has 28 heavy (non-hydrogen) atoms. The lowest BCUT2D eigenvalue weighted by atomic mass is 10.0. The molecular formula is C20H15ClN2O3S2. The maximum absolute atomic E-state index is 13.3. The van der Waals surface area contributed by atoms with Crippen LogP contribution >= 0.6 is 34.3 Å². The zero-order valence-electron chi connectivity index (χ0n) is 15.0. The molecule has 0 spiro atoms. The first kappa shape index (κ1) is 18.9. The standard InChI is InChI=1S/C20H15ClN2O3S2/c1-11-16(19(25)26-2)17(14-7-4-8-27-14)23-18(24)15(28-20(23)22-11)10-12-5-3-6-13(21)9-12/h3-10,17H,1-2H3/b15-10+/t17-/m1/s1. The summed E-state index contributed by atoms with van der Waals surface area (Å²) in [7, 11) is 1.33. The molecular weight excluding hydrogens is 416 g/mol. The summed E-state index contributed by atoms with van der Waals surface area (Å²) in [5.74, 6) is -0.483. The Kier molecular flexibility index (Phi) is 5.05. The normalized spacial score (nSPS) is 16.7. The van der Waals surface area contributed by atoms with E-state index in [4.69, 9.17) is 16.3 Å². The van der Waals surface area contributed by atoms with Crippen molar-refractivity contribution >= 4 is 46.3 Å². The molecule has 0 amide bonds. The van der Waals surface area contributed by atoms with E-state index >= 15 is 0 Å². The van der Waals surface area contributed by atoms with Crippen molar-refractivity contribution in [3.63, 3.8) is 0 Å². The minimum atomic E-state index is -0.551. The molecule has 3 aromatic rings. The van der Waals surface area contributed by atoms with Crippen molar-refractivity contribution < 1.29 is 9.53 Å². The van der Waals surface area contributed by atoms with E-state index in [1.54, 1.807) is 29.7 Å². The van der Waals surface area contributed by atoms with Crippen molar-refractivity contribution in [2.24, 2.45) is 4.99 Å². The van der Waals surface area contributed by atoms with Crippen molar-refractivity contribution in [3.05, 3.63) is 88.2 Å². The Balaban J connectivity index is 1.97. The first-order valence-electron chi connectivity index (χ1n) is 8.39. The summed E-state index contributed by atoms with van der Waals surface area (Å²) in [4.78, 5) is 31.7. The van der Waals surface area contributed by atoms with Gasteiger partial charge in [0.1, 0.15) is 6.04 Å². The summed E-state index contributed by atoms with van der Waals surface area (Å²) < 4.78 is 7.08. The summed E-state index contributed by atoms with van der Waals surface area (Å²) in [6, 6.07) is 10.5. The molecule has 0 N–H and O–H groups in total. The topological polar surface area (TPSA) is 60.7 Å². The number of thiazole rings is 1. The molecule has 4 rings (SSSR count). The monoisotopic (exact) mass is 430 g/mol. The molecule has 8 heteroatoms. The number of esters is 1. The average molecular weight is 431 g/mol. The van der Waals surface area contributed by atoms with E-state index in [9.17, 15) is 9.59 Å². The minimum Gasteiger partial charge on any atom is -0.466 e. The SMILES string of the molecule is COC(=O)C1=C(C)N=c2s/c(=C/c3cccc(Cl)c3)c(=O)n2[C@@H]1c1cccs1.